The summed E-state index contributed by atoms with van der Waals surface area (Å²) >= 11 is 6.49. The molecule has 4 aromatic rings. The fourth-order valence-electron chi connectivity index (χ4n) is 3.89. The second-order valence-electron chi connectivity index (χ2n) is 7.24. The molecule has 0 amide bonds. The molecule has 0 saturated carbocycles. The van der Waals surface area contributed by atoms with E-state index in [1.807, 2.05) is 24.4 Å². The summed E-state index contributed by atoms with van der Waals surface area (Å²) in [5.74, 6) is 0.711. The molecule has 0 aliphatic carbocycles. The highest BCUT2D eigenvalue weighted by Crippen LogP contribution is 2.31. The molecule has 0 aromatic carbocycles. The minimum Gasteiger partial charge on any atom is -0.456 e. The fourth-order valence-corrected chi connectivity index (χ4v) is 4.15. The molecule has 0 radical (unpaired) electrons. The van der Waals surface area contributed by atoms with Crippen LogP contribution in [0.2, 0.25) is 5.02 Å². The number of hydrogen-bond donors (Lipinski definition) is 1. The maximum atomic E-state index is 6.49. The van der Waals surface area contributed by atoms with Crippen molar-refractivity contribution in [2.45, 2.75) is 24.7 Å². The summed E-state index contributed by atoms with van der Waals surface area (Å²) in [5.41, 5.74) is 2.60. The van der Waals surface area contributed by atoms with Gasteiger partial charge >= 0.3 is 0 Å². The Hall–Kier alpha value is -3.01. The van der Waals surface area contributed by atoms with Crippen molar-refractivity contribution in [2.75, 3.05) is 13.2 Å². The molecule has 152 valence electrons. The summed E-state index contributed by atoms with van der Waals surface area (Å²) in [6.45, 7) is 1.18. The normalized spacial score (nSPS) is 23.2. The lowest BCUT2D eigenvalue weighted by molar-refractivity contribution is 0.0273. The van der Waals surface area contributed by atoms with Crippen molar-refractivity contribution in [1.82, 2.24) is 29.7 Å². The lowest BCUT2D eigenvalue weighted by Crippen LogP contribution is -2.32. The molecule has 4 aromatic heterocycles. The average molecular weight is 425 g/mol. The number of halogens is 1. The second-order valence-corrected chi connectivity index (χ2v) is 7.65. The van der Waals surface area contributed by atoms with Crippen LogP contribution >= 0.6 is 11.6 Å². The number of nitrogens with zero attached hydrogens (tertiary/aromatic N) is 5. The van der Waals surface area contributed by atoms with Gasteiger partial charge in [-0.15, -0.1) is 0 Å². The molecule has 6 heterocycles. The van der Waals surface area contributed by atoms with Crippen LogP contribution in [0.3, 0.4) is 0 Å². The first-order chi connectivity index (χ1) is 14.7. The standard InChI is InChI=1S/C20H17ClN6O3/c21-12-8-13-19(26-20(24-13)30-15-10-29-14-4-7-28-18(14)15)25-17(12)11-2-3-16(22-9-11)27-6-1-5-23-27/h1-3,5-6,8-9,14-15,18H,4,7,10H2,(H,24,25,26)/t14-,15-,18+/m1/s1. The number of rotatable bonds is 4. The van der Waals surface area contributed by atoms with Crippen LogP contribution in [0.25, 0.3) is 28.2 Å². The number of aromatic amines is 1. The van der Waals surface area contributed by atoms with Crippen molar-refractivity contribution in [2.24, 2.45) is 0 Å². The average Bonchev–Trinajstić information content (AvgIpc) is 3.54. The van der Waals surface area contributed by atoms with Crippen LogP contribution in [0.15, 0.2) is 42.9 Å². The Morgan fingerprint density at radius 3 is 3.03 bits per heavy atom. The van der Waals surface area contributed by atoms with E-state index in [0.717, 1.165) is 12.0 Å². The maximum Gasteiger partial charge on any atom is 0.296 e. The minimum absolute atomic E-state index is 0.0512. The molecule has 0 bridgehead atoms. The van der Waals surface area contributed by atoms with Crippen molar-refractivity contribution in [3.05, 3.63) is 47.9 Å². The van der Waals surface area contributed by atoms with Crippen LogP contribution in [0.5, 0.6) is 6.01 Å². The largest absolute Gasteiger partial charge is 0.456 e. The highest BCUT2D eigenvalue weighted by atomic mass is 35.5. The highest BCUT2D eigenvalue weighted by molar-refractivity contribution is 6.33. The first-order valence-electron chi connectivity index (χ1n) is 9.67. The van der Waals surface area contributed by atoms with Crippen LogP contribution in [0.1, 0.15) is 6.42 Å². The summed E-state index contributed by atoms with van der Waals surface area (Å²) < 4.78 is 19.1. The van der Waals surface area contributed by atoms with Gasteiger partial charge in [0.15, 0.2) is 17.6 Å². The Kier molecular flexibility index (Phi) is 4.19. The molecule has 6 rings (SSSR count). The first kappa shape index (κ1) is 17.8. The van der Waals surface area contributed by atoms with Crippen molar-refractivity contribution in [1.29, 1.82) is 0 Å². The van der Waals surface area contributed by atoms with Gasteiger partial charge in [0, 0.05) is 30.8 Å². The van der Waals surface area contributed by atoms with E-state index in [9.17, 15) is 0 Å². The van der Waals surface area contributed by atoms with Crippen LogP contribution in [-0.4, -0.2) is 61.2 Å². The first-order valence-corrected chi connectivity index (χ1v) is 10.0. The van der Waals surface area contributed by atoms with E-state index in [1.165, 1.54) is 0 Å². The van der Waals surface area contributed by atoms with Gasteiger partial charge in [0.25, 0.3) is 6.01 Å². The SMILES string of the molecule is Clc1cc2[nH]c(O[C@@H]3CO[C@@H]4CCO[C@@H]43)nc2nc1-c1ccc(-n2cccn2)nc1. The second kappa shape index (κ2) is 7.05. The van der Waals surface area contributed by atoms with Gasteiger partial charge < -0.3 is 19.2 Å². The Morgan fingerprint density at radius 1 is 1.23 bits per heavy atom. The Labute approximate surface area is 176 Å². The number of hydrogen-bond acceptors (Lipinski definition) is 7. The molecule has 1 N–H and O–H groups in total. The van der Waals surface area contributed by atoms with Crippen molar-refractivity contribution >= 4 is 22.8 Å². The number of ether oxygens (including phenoxy) is 3. The summed E-state index contributed by atoms with van der Waals surface area (Å²) in [5, 5.41) is 4.67. The zero-order chi connectivity index (χ0) is 20.1. The van der Waals surface area contributed by atoms with Crippen LogP contribution in [-0.2, 0) is 9.47 Å². The maximum absolute atomic E-state index is 6.49. The van der Waals surface area contributed by atoms with E-state index in [1.54, 1.807) is 23.1 Å². The van der Waals surface area contributed by atoms with E-state index in [4.69, 9.17) is 25.8 Å². The molecule has 2 fully saturated rings. The zero-order valence-corrected chi connectivity index (χ0v) is 16.5. The van der Waals surface area contributed by atoms with Gasteiger partial charge in [-0.1, -0.05) is 11.6 Å². The summed E-state index contributed by atoms with van der Waals surface area (Å²) in [6, 6.07) is 7.78. The number of nitrogens with one attached hydrogen (secondary N) is 1. The molecule has 10 heteroatoms. The van der Waals surface area contributed by atoms with Crippen LogP contribution < -0.4 is 4.74 Å². The molecule has 2 aliphatic heterocycles. The predicted octanol–water partition coefficient (Wildman–Crippen LogP) is 2.79. The number of imidazole rings is 1. The van der Waals surface area contributed by atoms with Crippen molar-refractivity contribution in [3.63, 3.8) is 0 Å². The molecule has 2 saturated heterocycles. The van der Waals surface area contributed by atoms with E-state index in [2.05, 4.69) is 25.0 Å². The molecular weight excluding hydrogens is 408 g/mol. The van der Waals surface area contributed by atoms with Gasteiger partial charge in [-0.05, 0) is 30.7 Å². The number of aromatic nitrogens is 6. The Morgan fingerprint density at radius 2 is 2.20 bits per heavy atom. The molecule has 9 nitrogen and oxygen atoms in total. The van der Waals surface area contributed by atoms with Gasteiger partial charge in [-0.2, -0.15) is 10.1 Å². The van der Waals surface area contributed by atoms with E-state index < -0.39 is 0 Å². The van der Waals surface area contributed by atoms with Crippen LogP contribution in [0, 0.1) is 0 Å². The fraction of sp³-hybridized carbons (Fsp3) is 0.300. The lowest BCUT2D eigenvalue weighted by Gasteiger charge is -2.15. The zero-order valence-electron chi connectivity index (χ0n) is 15.7. The number of fused-ring (bicyclic) bond motifs is 2. The van der Waals surface area contributed by atoms with Crippen molar-refractivity contribution < 1.29 is 14.2 Å². The Bertz CT molecular complexity index is 1190. The molecule has 30 heavy (non-hydrogen) atoms. The van der Waals surface area contributed by atoms with Gasteiger partial charge in [-0.25, -0.2) is 14.6 Å². The summed E-state index contributed by atoms with van der Waals surface area (Å²) in [6.07, 6.45) is 6.02. The van der Waals surface area contributed by atoms with E-state index >= 15 is 0 Å². The topological polar surface area (TPSA) is 100.0 Å². The number of H-pyrrole nitrogens is 1. The van der Waals surface area contributed by atoms with Crippen molar-refractivity contribution in [3.8, 4) is 23.1 Å². The summed E-state index contributed by atoms with van der Waals surface area (Å²) in [7, 11) is 0. The monoisotopic (exact) mass is 424 g/mol. The third-order valence-electron chi connectivity index (χ3n) is 5.35. The number of pyridine rings is 2. The third kappa shape index (κ3) is 3.02. The van der Waals surface area contributed by atoms with Gasteiger partial charge in [-0.3, -0.25) is 0 Å². The van der Waals surface area contributed by atoms with Crippen LogP contribution in [0.4, 0.5) is 0 Å². The Balaban J connectivity index is 1.28. The molecule has 0 spiro atoms. The third-order valence-corrected chi connectivity index (χ3v) is 5.64. The van der Waals surface area contributed by atoms with Gasteiger partial charge in [0.05, 0.1) is 28.9 Å². The summed E-state index contributed by atoms with van der Waals surface area (Å²) in [4.78, 5) is 16.7. The molecule has 2 aliphatic rings. The molecule has 3 atom stereocenters. The van der Waals surface area contributed by atoms with Gasteiger partial charge in [0.1, 0.15) is 6.10 Å². The highest BCUT2D eigenvalue weighted by Gasteiger charge is 2.43. The van der Waals surface area contributed by atoms with E-state index in [-0.39, 0.29) is 18.3 Å². The smallest absolute Gasteiger partial charge is 0.296 e. The van der Waals surface area contributed by atoms with E-state index in [0.29, 0.717) is 46.9 Å². The minimum atomic E-state index is -0.188. The predicted molar refractivity (Wildman–Crippen MR) is 108 cm³/mol. The lowest BCUT2D eigenvalue weighted by atomic mass is 10.1. The van der Waals surface area contributed by atoms with Gasteiger partial charge in [0.2, 0.25) is 0 Å². The molecule has 0 unspecified atom stereocenters. The quantitative estimate of drug-likeness (QED) is 0.537. The molecular formula is C20H17ClN6O3.